The Labute approximate surface area is 112 Å². The van der Waals surface area contributed by atoms with Crippen molar-refractivity contribution in [3.63, 3.8) is 0 Å². The first-order valence-electron chi connectivity index (χ1n) is 6.35. The van der Waals surface area contributed by atoms with Crippen molar-refractivity contribution in [1.29, 1.82) is 0 Å². The molecule has 0 aliphatic carbocycles. The summed E-state index contributed by atoms with van der Waals surface area (Å²) in [5.41, 5.74) is 1.64. The fourth-order valence-corrected chi connectivity index (χ4v) is 3.27. The van der Waals surface area contributed by atoms with Crippen molar-refractivity contribution in [3.8, 4) is 0 Å². The van der Waals surface area contributed by atoms with Crippen molar-refractivity contribution in [2.24, 2.45) is 0 Å². The predicted octanol–water partition coefficient (Wildman–Crippen LogP) is 3.68. The molecule has 0 aliphatic rings. The summed E-state index contributed by atoms with van der Waals surface area (Å²) in [6, 6.07) is 1.11. The smallest absolute Gasteiger partial charge is 0.333 e. The van der Waals surface area contributed by atoms with Crippen LogP contribution in [0.25, 0.3) is 0 Å². The van der Waals surface area contributed by atoms with Crippen LogP contribution in [0.4, 0.5) is 0 Å². The van der Waals surface area contributed by atoms with Crippen molar-refractivity contribution in [1.82, 2.24) is 0 Å². The molecule has 0 spiro atoms. The number of hydrogen-bond donors (Lipinski definition) is 0. The lowest BCUT2D eigenvalue weighted by Gasteiger charge is -2.22. The van der Waals surface area contributed by atoms with Gasteiger partial charge in [0, 0.05) is 5.57 Å². The molecule has 3 nitrogen and oxygen atoms in total. The van der Waals surface area contributed by atoms with Gasteiger partial charge < -0.3 is 9.16 Å². The summed E-state index contributed by atoms with van der Waals surface area (Å²) in [7, 11) is -1.62. The first-order valence-corrected chi connectivity index (χ1v) is 9.47. The molecule has 0 atom stereocenters. The zero-order chi connectivity index (χ0) is 14.2. The Hall–Kier alpha value is -0.873. The lowest BCUT2D eigenvalue weighted by Crippen LogP contribution is -2.32. The van der Waals surface area contributed by atoms with Crippen LogP contribution in [0.2, 0.25) is 19.1 Å². The summed E-state index contributed by atoms with van der Waals surface area (Å²) in [6.07, 6.45) is 2.19. The third kappa shape index (κ3) is 9.19. The SMILES string of the molecule is C=C(C)CCC[Si](C)(C)OCCOC(=O)C(=C)C. The van der Waals surface area contributed by atoms with Crippen LogP contribution in [0.3, 0.4) is 0 Å². The van der Waals surface area contributed by atoms with E-state index >= 15 is 0 Å². The van der Waals surface area contributed by atoms with Crippen LogP contribution in [-0.2, 0) is 14.0 Å². The summed E-state index contributed by atoms with van der Waals surface area (Å²) in [5, 5.41) is 0. The van der Waals surface area contributed by atoms with E-state index in [9.17, 15) is 4.79 Å². The fraction of sp³-hybridized carbons (Fsp3) is 0.643. The monoisotopic (exact) mass is 270 g/mol. The molecule has 0 aromatic carbocycles. The highest BCUT2D eigenvalue weighted by atomic mass is 28.4. The number of carbonyl (C=O) groups excluding carboxylic acids is 1. The maximum atomic E-state index is 11.1. The molecule has 0 unspecified atom stereocenters. The van der Waals surface area contributed by atoms with E-state index in [2.05, 4.69) is 26.3 Å². The van der Waals surface area contributed by atoms with Crippen LogP contribution >= 0.6 is 0 Å². The average Bonchev–Trinajstić information content (AvgIpc) is 2.23. The quantitative estimate of drug-likeness (QED) is 0.211. The predicted molar refractivity (Wildman–Crippen MR) is 78.1 cm³/mol. The molecule has 0 rings (SSSR count). The number of allylic oxidation sites excluding steroid dienone is 1. The normalized spacial score (nSPS) is 11.1. The Balaban J connectivity index is 3.73. The molecule has 104 valence electrons. The summed E-state index contributed by atoms with van der Waals surface area (Å²) in [5.74, 6) is -0.347. The van der Waals surface area contributed by atoms with Crippen LogP contribution in [0.15, 0.2) is 24.3 Å². The lowest BCUT2D eigenvalue weighted by atomic mass is 10.2. The topological polar surface area (TPSA) is 35.5 Å². The van der Waals surface area contributed by atoms with Crippen LogP contribution in [0.5, 0.6) is 0 Å². The van der Waals surface area contributed by atoms with E-state index in [1.165, 1.54) is 5.57 Å². The van der Waals surface area contributed by atoms with Gasteiger partial charge in [0.1, 0.15) is 6.61 Å². The first-order chi connectivity index (χ1) is 8.24. The molecule has 0 fully saturated rings. The first kappa shape index (κ1) is 17.1. The van der Waals surface area contributed by atoms with Gasteiger partial charge in [-0.2, -0.15) is 0 Å². The highest BCUT2D eigenvalue weighted by Crippen LogP contribution is 2.17. The molecule has 0 saturated carbocycles. The second-order valence-electron chi connectivity index (χ2n) is 5.34. The maximum Gasteiger partial charge on any atom is 0.333 e. The Kier molecular flexibility index (Phi) is 7.87. The van der Waals surface area contributed by atoms with Crippen molar-refractivity contribution in [2.45, 2.75) is 45.8 Å². The molecule has 18 heavy (non-hydrogen) atoms. The molecule has 0 aromatic heterocycles. The third-order valence-electron chi connectivity index (χ3n) is 2.54. The van der Waals surface area contributed by atoms with Crippen molar-refractivity contribution in [2.75, 3.05) is 13.2 Å². The van der Waals surface area contributed by atoms with Gasteiger partial charge in [0.25, 0.3) is 0 Å². The van der Waals surface area contributed by atoms with Gasteiger partial charge in [-0.3, -0.25) is 0 Å². The van der Waals surface area contributed by atoms with Gasteiger partial charge in [0.05, 0.1) is 6.61 Å². The van der Waals surface area contributed by atoms with Crippen molar-refractivity contribution >= 4 is 14.3 Å². The minimum Gasteiger partial charge on any atom is -0.460 e. The maximum absolute atomic E-state index is 11.1. The molecule has 0 aromatic rings. The summed E-state index contributed by atoms with van der Waals surface area (Å²) < 4.78 is 10.8. The number of carbonyl (C=O) groups is 1. The zero-order valence-corrected chi connectivity index (χ0v) is 13.2. The van der Waals surface area contributed by atoms with Crippen LogP contribution < -0.4 is 0 Å². The standard InChI is InChI=1S/C14H26O3Si/c1-12(2)8-7-11-18(5,6)17-10-9-16-14(15)13(3)4/h1,3,7-11H2,2,4-6H3. The molecule has 0 radical (unpaired) electrons. The van der Waals surface area contributed by atoms with Crippen LogP contribution in [0, 0.1) is 0 Å². The molecule has 0 heterocycles. The number of hydrogen-bond acceptors (Lipinski definition) is 3. The summed E-state index contributed by atoms with van der Waals surface area (Å²) in [4.78, 5) is 11.1. The van der Waals surface area contributed by atoms with Crippen LogP contribution in [-0.4, -0.2) is 27.5 Å². The van der Waals surface area contributed by atoms with E-state index in [1.807, 2.05) is 6.92 Å². The molecular weight excluding hydrogens is 244 g/mol. The summed E-state index contributed by atoms with van der Waals surface area (Å²) in [6.45, 7) is 16.3. The van der Waals surface area contributed by atoms with E-state index in [-0.39, 0.29) is 5.97 Å². The van der Waals surface area contributed by atoms with Gasteiger partial charge in [-0.15, -0.1) is 6.58 Å². The van der Waals surface area contributed by atoms with E-state index in [4.69, 9.17) is 9.16 Å². The van der Waals surface area contributed by atoms with Crippen molar-refractivity contribution < 1.29 is 14.0 Å². The van der Waals surface area contributed by atoms with E-state index in [0.29, 0.717) is 18.8 Å². The summed E-state index contributed by atoms with van der Waals surface area (Å²) >= 11 is 0. The Morgan fingerprint density at radius 3 is 2.28 bits per heavy atom. The van der Waals surface area contributed by atoms with Gasteiger partial charge in [-0.05, 0) is 45.8 Å². The Bertz CT molecular complexity index is 308. The van der Waals surface area contributed by atoms with Gasteiger partial charge >= 0.3 is 5.97 Å². The number of rotatable bonds is 9. The largest absolute Gasteiger partial charge is 0.460 e. The minimum atomic E-state index is -1.62. The highest BCUT2D eigenvalue weighted by molar-refractivity contribution is 6.71. The fourth-order valence-electron chi connectivity index (χ4n) is 1.46. The molecule has 4 heteroatoms. The molecule has 0 bridgehead atoms. The lowest BCUT2D eigenvalue weighted by molar-refractivity contribution is -0.139. The van der Waals surface area contributed by atoms with Gasteiger partial charge in [-0.1, -0.05) is 12.2 Å². The molecule has 0 saturated heterocycles. The Morgan fingerprint density at radius 2 is 1.78 bits per heavy atom. The van der Waals surface area contributed by atoms with Gasteiger partial charge in [0.15, 0.2) is 8.32 Å². The number of esters is 1. The van der Waals surface area contributed by atoms with Gasteiger partial charge in [-0.25, -0.2) is 4.79 Å². The zero-order valence-electron chi connectivity index (χ0n) is 12.2. The molecular formula is C14H26O3Si. The third-order valence-corrected chi connectivity index (χ3v) is 5.08. The minimum absolute atomic E-state index is 0.308. The average molecular weight is 270 g/mol. The highest BCUT2D eigenvalue weighted by Gasteiger charge is 2.21. The second-order valence-corrected chi connectivity index (χ2v) is 9.64. The van der Waals surface area contributed by atoms with E-state index in [0.717, 1.165) is 18.9 Å². The van der Waals surface area contributed by atoms with Crippen LogP contribution in [0.1, 0.15) is 26.7 Å². The number of ether oxygens (including phenoxy) is 1. The van der Waals surface area contributed by atoms with Gasteiger partial charge in [0.2, 0.25) is 0 Å². The molecule has 0 N–H and O–H groups in total. The molecule has 0 aliphatic heterocycles. The molecule has 0 amide bonds. The van der Waals surface area contributed by atoms with E-state index in [1.54, 1.807) is 6.92 Å². The second kappa shape index (κ2) is 8.27. The van der Waals surface area contributed by atoms with E-state index < -0.39 is 8.32 Å². The van der Waals surface area contributed by atoms with Crippen molar-refractivity contribution in [3.05, 3.63) is 24.3 Å². The Morgan fingerprint density at radius 1 is 1.17 bits per heavy atom.